The molecule has 2 aromatic carbocycles. The molecule has 0 atom stereocenters. The molecule has 0 fully saturated rings. The van der Waals surface area contributed by atoms with Crippen LogP contribution < -0.4 is 5.32 Å². The summed E-state index contributed by atoms with van der Waals surface area (Å²) in [7, 11) is 0. The van der Waals surface area contributed by atoms with Crippen LogP contribution in [0.5, 0.6) is 0 Å². The molecule has 1 N–H and O–H groups in total. The molecular weight excluding hydrogens is 363 g/mol. The Morgan fingerprint density at radius 1 is 1.08 bits per heavy atom. The van der Waals surface area contributed by atoms with Gasteiger partial charge in [-0.1, -0.05) is 40.9 Å². The van der Waals surface area contributed by atoms with Crippen molar-refractivity contribution in [3.63, 3.8) is 0 Å². The van der Waals surface area contributed by atoms with Crippen molar-refractivity contribution in [2.75, 3.05) is 5.32 Å². The first-order valence-electron chi connectivity index (χ1n) is 7.23. The molecule has 0 bridgehead atoms. The van der Waals surface area contributed by atoms with E-state index < -0.39 is 0 Å². The molecule has 0 unspecified atom stereocenters. The topological polar surface area (TPSA) is 42.0 Å². The van der Waals surface area contributed by atoms with Crippen molar-refractivity contribution in [1.82, 2.24) is 4.98 Å². The number of aromatic nitrogens is 1. The largest absolute Gasteiger partial charge is 0.298 e. The van der Waals surface area contributed by atoms with Gasteiger partial charge in [0.2, 0.25) is 0 Å². The number of carbonyl (C=O) groups is 1. The number of nitrogens with zero attached hydrogens (tertiary/aromatic N) is 1. The molecule has 1 amide bonds. The average Bonchev–Trinajstić information content (AvgIpc) is 2.97. The zero-order chi connectivity index (χ0) is 17.3. The molecule has 1 heterocycles. The van der Waals surface area contributed by atoms with E-state index in [0.717, 1.165) is 16.8 Å². The van der Waals surface area contributed by atoms with Crippen LogP contribution >= 0.6 is 34.5 Å². The van der Waals surface area contributed by atoms with E-state index in [1.165, 1.54) is 16.9 Å². The van der Waals surface area contributed by atoms with Crippen molar-refractivity contribution in [1.29, 1.82) is 0 Å². The first kappa shape index (κ1) is 17.0. The lowest BCUT2D eigenvalue weighted by Crippen LogP contribution is -2.11. The van der Waals surface area contributed by atoms with Gasteiger partial charge in [-0.2, -0.15) is 0 Å². The van der Waals surface area contributed by atoms with Crippen molar-refractivity contribution >= 4 is 45.6 Å². The van der Waals surface area contributed by atoms with Crippen LogP contribution in [-0.2, 0) is 0 Å². The number of nitrogens with one attached hydrogen (secondary N) is 1. The van der Waals surface area contributed by atoms with Crippen LogP contribution in [0.3, 0.4) is 0 Å². The standard InChI is InChI=1S/C18H14Cl2N2OS/c1-10-3-4-11(2)15(5-10)16-9-24-18(21-16)22-17(23)12-6-13(19)8-14(20)7-12/h3-9H,1-2H3,(H,21,22,23). The molecule has 0 aliphatic rings. The highest BCUT2D eigenvalue weighted by atomic mass is 35.5. The maximum atomic E-state index is 12.3. The summed E-state index contributed by atoms with van der Waals surface area (Å²) in [6.07, 6.45) is 0. The third-order valence-electron chi connectivity index (χ3n) is 3.52. The summed E-state index contributed by atoms with van der Waals surface area (Å²) in [6, 6.07) is 11.0. The molecule has 0 saturated heterocycles. The molecule has 0 radical (unpaired) electrons. The number of carbonyl (C=O) groups excluding carboxylic acids is 1. The molecule has 6 heteroatoms. The molecule has 3 nitrogen and oxygen atoms in total. The summed E-state index contributed by atoms with van der Waals surface area (Å²) in [4.78, 5) is 16.8. The predicted octanol–water partition coefficient (Wildman–Crippen LogP) is 5.99. The van der Waals surface area contributed by atoms with Crippen molar-refractivity contribution in [3.05, 3.63) is 68.5 Å². The van der Waals surface area contributed by atoms with Gasteiger partial charge in [-0.05, 0) is 43.7 Å². The molecule has 122 valence electrons. The molecule has 1 aromatic heterocycles. The van der Waals surface area contributed by atoms with E-state index in [0.29, 0.717) is 20.7 Å². The van der Waals surface area contributed by atoms with Crippen LogP contribution in [-0.4, -0.2) is 10.9 Å². The van der Waals surface area contributed by atoms with Gasteiger partial charge >= 0.3 is 0 Å². The number of aryl methyl sites for hydroxylation is 2. The number of hydrogen-bond acceptors (Lipinski definition) is 3. The van der Waals surface area contributed by atoms with Gasteiger partial charge in [-0.15, -0.1) is 11.3 Å². The Hall–Kier alpha value is -1.88. The molecule has 24 heavy (non-hydrogen) atoms. The number of thiazole rings is 1. The van der Waals surface area contributed by atoms with Crippen LogP contribution in [0.25, 0.3) is 11.3 Å². The van der Waals surface area contributed by atoms with Gasteiger partial charge < -0.3 is 0 Å². The predicted molar refractivity (Wildman–Crippen MR) is 101 cm³/mol. The van der Waals surface area contributed by atoms with E-state index in [4.69, 9.17) is 23.2 Å². The zero-order valence-corrected chi connectivity index (χ0v) is 15.4. The first-order chi connectivity index (χ1) is 11.4. The monoisotopic (exact) mass is 376 g/mol. The Morgan fingerprint density at radius 2 is 1.79 bits per heavy atom. The van der Waals surface area contributed by atoms with Gasteiger partial charge in [0.15, 0.2) is 5.13 Å². The fraction of sp³-hybridized carbons (Fsp3) is 0.111. The molecule has 0 aliphatic carbocycles. The number of hydrogen-bond donors (Lipinski definition) is 1. The fourth-order valence-corrected chi connectivity index (χ4v) is 3.55. The van der Waals surface area contributed by atoms with E-state index in [-0.39, 0.29) is 5.91 Å². The third-order valence-corrected chi connectivity index (χ3v) is 4.71. The van der Waals surface area contributed by atoms with Crippen LogP contribution in [0.2, 0.25) is 10.0 Å². The number of benzene rings is 2. The number of halogens is 2. The average molecular weight is 377 g/mol. The quantitative estimate of drug-likeness (QED) is 0.610. The van der Waals surface area contributed by atoms with E-state index in [2.05, 4.69) is 28.5 Å². The maximum Gasteiger partial charge on any atom is 0.257 e. The SMILES string of the molecule is Cc1ccc(C)c(-c2csc(NC(=O)c3cc(Cl)cc(Cl)c3)n2)c1. The zero-order valence-electron chi connectivity index (χ0n) is 13.1. The molecule has 0 spiro atoms. The molecule has 0 aliphatic heterocycles. The van der Waals surface area contributed by atoms with E-state index in [9.17, 15) is 4.79 Å². The number of amides is 1. The van der Waals surface area contributed by atoms with Crippen molar-refractivity contribution in [2.45, 2.75) is 13.8 Å². The Morgan fingerprint density at radius 3 is 2.50 bits per heavy atom. The summed E-state index contributed by atoms with van der Waals surface area (Å²) in [5.74, 6) is -0.290. The van der Waals surface area contributed by atoms with Gasteiger partial charge in [-0.3, -0.25) is 10.1 Å². The second kappa shape index (κ2) is 6.93. The van der Waals surface area contributed by atoms with Gasteiger partial charge in [-0.25, -0.2) is 4.98 Å². The molecular formula is C18H14Cl2N2OS. The van der Waals surface area contributed by atoms with Crippen LogP contribution in [0.15, 0.2) is 41.8 Å². The summed E-state index contributed by atoms with van der Waals surface area (Å²) in [5, 5.41) is 6.09. The lowest BCUT2D eigenvalue weighted by Gasteiger charge is -2.05. The lowest BCUT2D eigenvalue weighted by atomic mass is 10.0. The summed E-state index contributed by atoms with van der Waals surface area (Å²) >= 11 is 13.3. The van der Waals surface area contributed by atoms with Gasteiger partial charge in [0, 0.05) is 26.6 Å². The summed E-state index contributed by atoms with van der Waals surface area (Å²) in [5.41, 5.74) is 4.63. The van der Waals surface area contributed by atoms with E-state index in [1.807, 2.05) is 19.2 Å². The molecule has 3 aromatic rings. The van der Waals surface area contributed by atoms with Gasteiger partial charge in [0.1, 0.15) is 0 Å². The molecule has 3 rings (SSSR count). The molecule has 0 saturated carbocycles. The minimum Gasteiger partial charge on any atom is -0.298 e. The Balaban J connectivity index is 1.83. The van der Waals surface area contributed by atoms with Crippen molar-refractivity contribution in [3.8, 4) is 11.3 Å². The normalized spacial score (nSPS) is 10.7. The highest BCUT2D eigenvalue weighted by Crippen LogP contribution is 2.28. The van der Waals surface area contributed by atoms with Crippen LogP contribution in [0.1, 0.15) is 21.5 Å². The second-order valence-electron chi connectivity index (χ2n) is 5.47. The highest BCUT2D eigenvalue weighted by molar-refractivity contribution is 7.14. The van der Waals surface area contributed by atoms with Gasteiger partial charge in [0.05, 0.1) is 5.69 Å². The number of rotatable bonds is 3. The lowest BCUT2D eigenvalue weighted by molar-refractivity contribution is 0.102. The smallest absolute Gasteiger partial charge is 0.257 e. The number of anilines is 1. The Bertz CT molecular complexity index is 901. The van der Waals surface area contributed by atoms with Gasteiger partial charge in [0.25, 0.3) is 5.91 Å². The third kappa shape index (κ3) is 3.78. The van der Waals surface area contributed by atoms with E-state index >= 15 is 0 Å². The van der Waals surface area contributed by atoms with Crippen molar-refractivity contribution in [2.24, 2.45) is 0 Å². The summed E-state index contributed by atoms with van der Waals surface area (Å²) in [6.45, 7) is 4.08. The minimum atomic E-state index is -0.290. The Labute approximate surface area is 154 Å². The Kier molecular flexibility index (Phi) is 4.90. The maximum absolute atomic E-state index is 12.3. The summed E-state index contributed by atoms with van der Waals surface area (Å²) < 4.78 is 0. The van der Waals surface area contributed by atoms with Crippen LogP contribution in [0, 0.1) is 13.8 Å². The van der Waals surface area contributed by atoms with Crippen molar-refractivity contribution < 1.29 is 4.79 Å². The second-order valence-corrected chi connectivity index (χ2v) is 7.20. The van der Waals surface area contributed by atoms with Crippen LogP contribution in [0.4, 0.5) is 5.13 Å². The van der Waals surface area contributed by atoms with E-state index in [1.54, 1.807) is 18.2 Å². The highest BCUT2D eigenvalue weighted by Gasteiger charge is 2.12. The first-order valence-corrected chi connectivity index (χ1v) is 8.86. The minimum absolute atomic E-state index is 0.290. The fourth-order valence-electron chi connectivity index (χ4n) is 2.32.